The SMILES string of the molecule is CC/C=C\C/C=C\C/C=C\C/C=C\C/C=C\C/C=C\CCC(=O)Nc1ccc(CN2CCN(C(=O)Oc3ccc4nc5c(cc4c3CN(C)NC)Cn3c-5cc4c(c3=O)COC(=O)[C@]4(O)CC)CC2)cc1. The Labute approximate surface area is 417 Å². The number of aliphatic hydroxyl groups is 1. The standard InChI is InChI=1S/C57H69N7O7/c1-5-7-8-9-10-11-12-13-14-15-16-17-18-19-20-21-22-23-24-25-52(65)59-44-28-26-42(27-29-44)38-62-32-34-63(35-33-62)56(68)71-51-31-30-49-45(46(51)40-61(4)58-3)36-43-39-64-50(53(43)60-49)37-48-47(54(64)66)41-70-55(67)57(48,69)6-2/h7-8,10-11,13-14,16-17,19-20,22-23,26-31,36-37,58,69H,5-6,9,12,15,18,21,24-25,32-35,38-41H2,1-4H3,(H,59,65)/b8-7-,11-10-,14-13-,17-16-,20-19-,23-22-/t57-/m0/s1. The van der Waals surface area contributed by atoms with Gasteiger partial charge in [0.25, 0.3) is 5.56 Å². The van der Waals surface area contributed by atoms with Gasteiger partial charge in [-0.25, -0.2) is 19.6 Å². The van der Waals surface area contributed by atoms with Gasteiger partial charge in [0.05, 0.1) is 29.0 Å². The van der Waals surface area contributed by atoms with Crippen LogP contribution < -0.4 is 21.0 Å². The highest BCUT2D eigenvalue weighted by Gasteiger charge is 2.45. The Bertz CT molecular complexity index is 2760. The Morgan fingerprint density at radius 2 is 1.48 bits per heavy atom. The molecule has 3 aliphatic rings. The molecule has 0 saturated carbocycles. The van der Waals surface area contributed by atoms with Gasteiger partial charge in [0.2, 0.25) is 5.91 Å². The Hall–Kier alpha value is -6.71. The topological polar surface area (TPSA) is 159 Å². The van der Waals surface area contributed by atoms with E-state index in [1.54, 1.807) is 28.5 Å². The van der Waals surface area contributed by atoms with Crippen molar-refractivity contribution < 1.29 is 29.0 Å². The lowest BCUT2D eigenvalue weighted by atomic mass is 9.86. The van der Waals surface area contributed by atoms with Crippen LogP contribution in [0.5, 0.6) is 5.75 Å². The first-order valence-corrected chi connectivity index (χ1v) is 25.0. The van der Waals surface area contributed by atoms with Crippen molar-refractivity contribution in [3.63, 3.8) is 0 Å². The van der Waals surface area contributed by atoms with Crippen molar-refractivity contribution in [2.45, 2.75) is 103 Å². The van der Waals surface area contributed by atoms with Crippen LogP contribution in [-0.2, 0) is 46.2 Å². The number of rotatable bonds is 22. The number of carbonyl (C=O) groups is 3. The Balaban J connectivity index is 0.848. The molecular weight excluding hydrogens is 895 g/mol. The molecule has 1 fully saturated rings. The number of piperazine rings is 1. The largest absolute Gasteiger partial charge is 0.458 e. The molecule has 0 radical (unpaired) electrons. The van der Waals surface area contributed by atoms with Gasteiger partial charge in [0, 0.05) is 80.5 Å². The number of nitrogens with one attached hydrogen (secondary N) is 2. The molecule has 2 amide bonds. The molecule has 14 heteroatoms. The van der Waals surface area contributed by atoms with Gasteiger partial charge in [-0.2, -0.15) is 0 Å². The second-order valence-corrected chi connectivity index (χ2v) is 18.1. The van der Waals surface area contributed by atoms with Crippen molar-refractivity contribution in [2.75, 3.05) is 45.6 Å². The lowest BCUT2D eigenvalue weighted by Gasteiger charge is -2.34. The smallest absolute Gasteiger partial charge is 0.415 e. The number of hydrogen-bond acceptors (Lipinski definition) is 11. The fourth-order valence-electron chi connectivity index (χ4n) is 8.94. The third-order valence-corrected chi connectivity index (χ3v) is 13.1. The maximum atomic E-state index is 13.8. The van der Waals surface area contributed by atoms with E-state index in [9.17, 15) is 24.3 Å². The average molecular weight is 964 g/mol. The molecule has 71 heavy (non-hydrogen) atoms. The lowest BCUT2D eigenvalue weighted by Crippen LogP contribution is -2.49. The summed E-state index contributed by atoms with van der Waals surface area (Å²) in [5.41, 5.74) is 6.62. The number of fused-ring (bicyclic) bond motifs is 5. The summed E-state index contributed by atoms with van der Waals surface area (Å²) >= 11 is 0. The number of aromatic nitrogens is 2. The minimum atomic E-state index is -1.91. The summed E-state index contributed by atoms with van der Waals surface area (Å²) in [5.74, 6) is -0.365. The second kappa shape index (κ2) is 25.4. The molecule has 0 unspecified atom stereocenters. The number of hydrazine groups is 1. The summed E-state index contributed by atoms with van der Waals surface area (Å²) in [6.07, 6.45) is 32.6. The summed E-state index contributed by atoms with van der Waals surface area (Å²) in [6.45, 7) is 7.32. The van der Waals surface area contributed by atoms with Gasteiger partial charge < -0.3 is 29.4 Å². The van der Waals surface area contributed by atoms with Gasteiger partial charge in [-0.1, -0.05) is 98.9 Å². The second-order valence-electron chi connectivity index (χ2n) is 18.1. The number of benzene rings is 2. The fourth-order valence-corrected chi connectivity index (χ4v) is 8.94. The van der Waals surface area contributed by atoms with Gasteiger partial charge in [0.15, 0.2) is 5.60 Å². The van der Waals surface area contributed by atoms with Crippen LogP contribution >= 0.6 is 0 Å². The summed E-state index contributed by atoms with van der Waals surface area (Å²) < 4.78 is 13.0. The van der Waals surface area contributed by atoms with Gasteiger partial charge in [-0.15, -0.1) is 0 Å². The number of hydrogen-bond donors (Lipinski definition) is 3. The van der Waals surface area contributed by atoms with Crippen LogP contribution in [0.4, 0.5) is 10.5 Å². The number of carbonyl (C=O) groups excluding carboxylic acids is 3. The van der Waals surface area contributed by atoms with Crippen molar-refractivity contribution in [3.05, 3.63) is 160 Å². The third kappa shape index (κ3) is 13.4. The summed E-state index contributed by atoms with van der Waals surface area (Å²) in [7, 11) is 3.70. The maximum Gasteiger partial charge on any atom is 0.415 e. The number of cyclic esters (lactones) is 1. The van der Waals surface area contributed by atoms with Crippen molar-refractivity contribution in [1.29, 1.82) is 0 Å². The Kier molecular flexibility index (Phi) is 18.7. The van der Waals surface area contributed by atoms with Crippen LogP contribution in [0.1, 0.15) is 99.5 Å². The lowest BCUT2D eigenvalue weighted by molar-refractivity contribution is -0.172. The molecule has 2 aromatic heterocycles. The van der Waals surface area contributed by atoms with Gasteiger partial charge >= 0.3 is 12.1 Å². The molecule has 4 aromatic rings. The number of ether oxygens (including phenoxy) is 2. The first-order chi connectivity index (χ1) is 34.5. The van der Waals surface area contributed by atoms with E-state index >= 15 is 0 Å². The van der Waals surface area contributed by atoms with Crippen molar-refractivity contribution >= 4 is 34.6 Å². The molecule has 1 saturated heterocycles. The Morgan fingerprint density at radius 3 is 2.10 bits per heavy atom. The molecule has 1 atom stereocenters. The van der Waals surface area contributed by atoms with E-state index in [1.165, 1.54) is 0 Å². The zero-order chi connectivity index (χ0) is 50.2. The highest BCUT2D eigenvalue weighted by molar-refractivity contribution is 5.91. The minimum Gasteiger partial charge on any atom is -0.458 e. The van der Waals surface area contributed by atoms with E-state index in [0.717, 1.165) is 66.3 Å². The molecular formula is C57H69N7O7. The fraction of sp³-hybridized carbons (Fsp3) is 0.386. The van der Waals surface area contributed by atoms with Gasteiger partial charge in [-0.05, 0) is 100 Å². The molecule has 0 bridgehead atoms. The molecule has 0 aliphatic carbocycles. The van der Waals surface area contributed by atoms with E-state index in [1.807, 2.05) is 55.5 Å². The minimum absolute atomic E-state index is 0.0176. The molecule has 3 N–H and O–H groups in total. The molecule has 14 nitrogen and oxygen atoms in total. The van der Waals surface area contributed by atoms with Crippen molar-refractivity contribution in [1.82, 2.24) is 29.8 Å². The van der Waals surface area contributed by atoms with Crippen LogP contribution in [0.15, 0.2) is 126 Å². The predicted octanol–water partition coefficient (Wildman–Crippen LogP) is 9.38. The maximum absolute atomic E-state index is 13.8. The first kappa shape index (κ1) is 52.1. The molecule has 2 aromatic carbocycles. The number of amides is 2. The predicted molar refractivity (Wildman–Crippen MR) is 280 cm³/mol. The monoisotopic (exact) mass is 964 g/mol. The number of pyridine rings is 2. The molecule has 0 spiro atoms. The van der Waals surface area contributed by atoms with Gasteiger partial charge in [0.1, 0.15) is 12.4 Å². The van der Waals surface area contributed by atoms with E-state index in [-0.39, 0.29) is 42.2 Å². The van der Waals surface area contributed by atoms with E-state index in [2.05, 4.69) is 95.5 Å². The van der Waals surface area contributed by atoms with Crippen LogP contribution in [0, 0.1) is 0 Å². The van der Waals surface area contributed by atoms with Crippen LogP contribution in [0.2, 0.25) is 0 Å². The number of anilines is 1. The van der Waals surface area contributed by atoms with Crippen molar-refractivity contribution in [2.24, 2.45) is 0 Å². The normalized spacial score (nSPS) is 17.2. The number of nitrogens with zero attached hydrogens (tertiary/aromatic N) is 5. The average Bonchev–Trinajstić information content (AvgIpc) is 3.74. The summed E-state index contributed by atoms with van der Waals surface area (Å²) in [4.78, 5) is 61.8. The molecule has 7 rings (SSSR count). The van der Waals surface area contributed by atoms with Crippen molar-refractivity contribution in [3.8, 4) is 17.1 Å². The van der Waals surface area contributed by atoms with Crippen LogP contribution in [-0.4, -0.2) is 87.7 Å². The highest BCUT2D eigenvalue weighted by Crippen LogP contribution is 2.40. The molecule has 5 heterocycles. The van der Waals surface area contributed by atoms with Gasteiger partial charge in [-0.3, -0.25) is 19.9 Å². The molecule has 3 aliphatic heterocycles. The Morgan fingerprint density at radius 1 is 0.845 bits per heavy atom. The summed E-state index contributed by atoms with van der Waals surface area (Å²) in [6, 6.07) is 15.2. The van der Waals surface area contributed by atoms with E-state index in [0.29, 0.717) is 74.8 Å². The summed E-state index contributed by atoms with van der Waals surface area (Å²) in [5, 5.41) is 16.9. The quantitative estimate of drug-likeness (QED) is 0.0345. The third-order valence-electron chi connectivity index (χ3n) is 13.1. The van der Waals surface area contributed by atoms with E-state index < -0.39 is 17.7 Å². The highest BCUT2D eigenvalue weighted by atomic mass is 16.6. The zero-order valence-electron chi connectivity index (χ0n) is 41.7. The first-order valence-electron chi connectivity index (χ1n) is 25.0. The zero-order valence-corrected chi connectivity index (χ0v) is 41.7. The number of esters is 1. The van der Waals surface area contributed by atoms with Crippen LogP contribution in [0.25, 0.3) is 22.3 Å². The number of allylic oxidation sites excluding steroid dienone is 12. The van der Waals surface area contributed by atoms with Crippen LogP contribution in [0.3, 0.4) is 0 Å². The molecule has 374 valence electrons. The van der Waals surface area contributed by atoms with E-state index in [4.69, 9.17) is 14.5 Å².